The maximum atomic E-state index is 2.28. The third-order valence-electron chi connectivity index (χ3n) is 10.5. The lowest BCUT2D eigenvalue weighted by Crippen LogP contribution is -1.93. The number of hydrogen-bond acceptors (Lipinski definition) is 0. The lowest BCUT2D eigenvalue weighted by Gasteiger charge is -2.10. The molecule has 5 aromatic carbocycles. The Hall–Kier alpha value is -3.90. The molecule has 0 aromatic heterocycles. The second-order valence-electron chi connectivity index (χ2n) is 17.5. The van der Waals surface area contributed by atoms with Crippen LogP contribution in [0.1, 0.15) is 182 Å². The molecule has 0 aliphatic rings. The molecule has 5 rings (SSSR count). The molecule has 0 fully saturated rings. The third kappa shape index (κ3) is 17.6. The molecule has 0 saturated heterocycles. The molecule has 0 atom stereocenters. The number of aryl methyl sites for hydroxylation is 9. The van der Waals surface area contributed by atoms with Crippen molar-refractivity contribution in [2.75, 3.05) is 0 Å². The Kier molecular flexibility index (Phi) is 21.3. The van der Waals surface area contributed by atoms with Gasteiger partial charge in [0.1, 0.15) is 0 Å². The number of benzene rings is 5. The van der Waals surface area contributed by atoms with Gasteiger partial charge in [-0.1, -0.05) is 182 Å². The Morgan fingerprint density at radius 2 is 0.764 bits per heavy atom. The molecule has 0 aliphatic heterocycles. The predicted molar refractivity (Wildman–Crippen MR) is 250 cm³/mol. The highest BCUT2D eigenvalue weighted by Gasteiger charge is 2.05. The summed E-state index contributed by atoms with van der Waals surface area (Å²) in [7, 11) is 0. The molecule has 0 heterocycles. The van der Waals surface area contributed by atoms with Gasteiger partial charge < -0.3 is 0 Å². The van der Waals surface area contributed by atoms with Crippen LogP contribution in [0.5, 0.6) is 0 Å². The average Bonchev–Trinajstić information content (AvgIpc) is 3.08. The molecule has 0 nitrogen and oxygen atoms in total. The molecule has 0 spiro atoms. The molecule has 300 valence electrons. The summed E-state index contributed by atoms with van der Waals surface area (Å²) in [5, 5.41) is 0. The molecule has 0 heteroatoms. The summed E-state index contributed by atoms with van der Waals surface area (Å²) >= 11 is 0. The Morgan fingerprint density at radius 1 is 0.273 bits per heavy atom. The van der Waals surface area contributed by atoms with E-state index in [0.29, 0.717) is 29.6 Å². The van der Waals surface area contributed by atoms with Crippen LogP contribution in [0, 0.1) is 69.2 Å². The zero-order valence-corrected chi connectivity index (χ0v) is 39.0. The smallest absolute Gasteiger partial charge is 0.0216 e. The SMILES string of the molecule is Cc1cc(C)cc(C(C)C)c1.Cc1ccc(C(C)C)c(C)c1.Cc1ccc(C(C)C)cc1C.Cc1ccc(C)c(C(C)C)c1.Cc1cccc(C(C)C)c1C. The summed E-state index contributed by atoms with van der Waals surface area (Å²) in [5.41, 5.74) is 21.2. The summed E-state index contributed by atoms with van der Waals surface area (Å²) in [4.78, 5) is 0. The van der Waals surface area contributed by atoms with Gasteiger partial charge >= 0.3 is 0 Å². The predicted octanol–water partition coefficient (Wildman–Crippen LogP) is 17.1. The Bertz CT molecular complexity index is 1850. The van der Waals surface area contributed by atoms with Gasteiger partial charge in [-0.2, -0.15) is 0 Å². The molecule has 0 radical (unpaired) electrons. The first-order valence-electron chi connectivity index (χ1n) is 20.9. The molecule has 0 aliphatic carbocycles. The monoisotopic (exact) mass is 741 g/mol. The van der Waals surface area contributed by atoms with E-state index < -0.39 is 0 Å². The van der Waals surface area contributed by atoms with Crippen molar-refractivity contribution in [2.24, 2.45) is 0 Å². The van der Waals surface area contributed by atoms with Gasteiger partial charge in [-0.05, 0) is 160 Å². The fourth-order valence-corrected chi connectivity index (χ4v) is 6.72. The van der Waals surface area contributed by atoms with Gasteiger partial charge in [0, 0.05) is 0 Å². The van der Waals surface area contributed by atoms with Crippen molar-refractivity contribution in [1.82, 2.24) is 0 Å². The summed E-state index contributed by atoms with van der Waals surface area (Å²) in [6.07, 6.45) is 0. The van der Waals surface area contributed by atoms with E-state index in [0.717, 1.165) is 0 Å². The summed E-state index contributed by atoms with van der Waals surface area (Å²) < 4.78 is 0. The van der Waals surface area contributed by atoms with Crippen LogP contribution >= 0.6 is 0 Å². The van der Waals surface area contributed by atoms with Crippen molar-refractivity contribution in [3.05, 3.63) is 174 Å². The fraction of sp³-hybridized carbons (Fsp3) is 0.455. The highest BCUT2D eigenvalue weighted by Crippen LogP contribution is 2.23. The van der Waals surface area contributed by atoms with Gasteiger partial charge in [-0.3, -0.25) is 0 Å². The van der Waals surface area contributed by atoms with Crippen LogP contribution in [-0.4, -0.2) is 0 Å². The summed E-state index contributed by atoms with van der Waals surface area (Å²) in [5.74, 6) is 3.24. The minimum atomic E-state index is 0.647. The molecule has 0 unspecified atom stereocenters. The Balaban J connectivity index is 0.000000344. The van der Waals surface area contributed by atoms with E-state index in [9.17, 15) is 0 Å². The highest BCUT2D eigenvalue weighted by atomic mass is 14.1. The summed E-state index contributed by atoms with van der Waals surface area (Å²) in [6, 6.07) is 33.3. The zero-order valence-electron chi connectivity index (χ0n) is 39.0. The van der Waals surface area contributed by atoms with Crippen LogP contribution in [0.25, 0.3) is 0 Å². The third-order valence-corrected chi connectivity index (χ3v) is 10.5. The molecule has 5 aromatic rings. The van der Waals surface area contributed by atoms with Gasteiger partial charge in [-0.25, -0.2) is 0 Å². The largest absolute Gasteiger partial charge is 0.0617 e. The Morgan fingerprint density at radius 3 is 1.20 bits per heavy atom. The second kappa shape index (κ2) is 23.9. The standard InChI is InChI=1S/5C11H16/c1-8(2)11-6-9(3)5-10(4)7-11;1-8(2)11-6-5-9(3)10(4)7-11;1-8(2)11-6-5-9(3)7-10(11)4;1-8(2)11-7-9(3)5-6-10(11)4;1-8(2)11-7-5-6-9(3)10(11)4/h5*5-8H,1-4H3. The van der Waals surface area contributed by atoms with Gasteiger partial charge in [0.15, 0.2) is 0 Å². The van der Waals surface area contributed by atoms with E-state index in [1.807, 2.05) is 0 Å². The average molecular weight is 741 g/mol. The van der Waals surface area contributed by atoms with Gasteiger partial charge in [0.2, 0.25) is 0 Å². The maximum absolute atomic E-state index is 2.28. The van der Waals surface area contributed by atoms with Crippen LogP contribution in [0.3, 0.4) is 0 Å². The minimum Gasteiger partial charge on any atom is -0.0617 e. The quantitative estimate of drug-likeness (QED) is 0.168. The molecular weight excluding hydrogens is 661 g/mol. The lowest BCUT2D eigenvalue weighted by molar-refractivity contribution is 0.854. The van der Waals surface area contributed by atoms with E-state index in [1.54, 1.807) is 0 Å². The highest BCUT2D eigenvalue weighted by molar-refractivity contribution is 5.36. The zero-order chi connectivity index (χ0) is 42.2. The normalized spacial score (nSPS) is 10.6. The topological polar surface area (TPSA) is 0 Å². The molecule has 0 bridgehead atoms. The van der Waals surface area contributed by atoms with Crippen LogP contribution < -0.4 is 0 Å². The van der Waals surface area contributed by atoms with Crippen LogP contribution in [0.4, 0.5) is 0 Å². The molecule has 55 heavy (non-hydrogen) atoms. The maximum Gasteiger partial charge on any atom is -0.0216 e. The minimum absolute atomic E-state index is 0.647. The lowest BCUT2D eigenvalue weighted by atomic mass is 9.95. The van der Waals surface area contributed by atoms with Gasteiger partial charge in [-0.15, -0.1) is 0 Å². The van der Waals surface area contributed by atoms with Crippen LogP contribution in [0.2, 0.25) is 0 Å². The first kappa shape index (κ1) is 49.1. The number of hydrogen-bond donors (Lipinski definition) is 0. The first-order valence-corrected chi connectivity index (χ1v) is 20.9. The van der Waals surface area contributed by atoms with Crippen molar-refractivity contribution in [1.29, 1.82) is 0 Å². The van der Waals surface area contributed by atoms with Crippen molar-refractivity contribution in [3.8, 4) is 0 Å². The molecule has 0 saturated carbocycles. The van der Waals surface area contributed by atoms with E-state index in [4.69, 9.17) is 0 Å². The van der Waals surface area contributed by atoms with Crippen molar-refractivity contribution in [2.45, 2.75) is 168 Å². The van der Waals surface area contributed by atoms with Crippen molar-refractivity contribution in [3.63, 3.8) is 0 Å². The van der Waals surface area contributed by atoms with E-state index >= 15 is 0 Å². The molecular formula is C55H80. The molecule has 0 amide bonds. The van der Waals surface area contributed by atoms with Crippen molar-refractivity contribution < 1.29 is 0 Å². The summed E-state index contributed by atoms with van der Waals surface area (Å²) in [6.45, 7) is 44.0. The van der Waals surface area contributed by atoms with Crippen LogP contribution in [-0.2, 0) is 0 Å². The molecule has 0 N–H and O–H groups in total. The second-order valence-corrected chi connectivity index (χ2v) is 17.5. The van der Waals surface area contributed by atoms with E-state index in [1.165, 1.54) is 83.5 Å². The van der Waals surface area contributed by atoms with Gasteiger partial charge in [0.25, 0.3) is 0 Å². The van der Waals surface area contributed by atoms with Crippen LogP contribution in [0.15, 0.2) is 91.0 Å². The Labute approximate surface area is 341 Å². The number of rotatable bonds is 5. The van der Waals surface area contributed by atoms with Crippen molar-refractivity contribution >= 4 is 0 Å². The van der Waals surface area contributed by atoms with E-state index in [2.05, 4.69) is 229 Å². The van der Waals surface area contributed by atoms with E-state index in [-0.39, 0.29) is 0 Å². The fourth-order valence-electron chi connectivity index (χ4n) is 6.72. The van der Waals surface area contributed by atoms with Gasteiger partial charge in [0.05, 0.1) is 0 Å². The first-order chi connectivity index (χ1) is 25.5.